The van der Waals surface area contributed by atoms with Crippen LogP contribution in [0.15, 0.2) is 60.7 Å². The van der Waals surface area contributed by atoms with Crippen molar-refractivity contribution in [2.24, 2.45) is 11.8 Å². The average Bonchev–Trinajstić information content (AvgIpc) is 2.86. The number of hydrogen-bond acceptors (Lipinski definition) is 5. The maximum absolute atomic E-state index is 10.4. The first-order chi connectivity index (χ1) is 16.9. The van der Waals surface area contributed by atoms with Crippen molar-refractivity contribution in [3.63, 3.8) is 0 Å². The van der Waals surface area contributed by atoms with E-state index in [9.17, 15) is 5.11 Å². The van der Waals surface area contributed by atoms with Crippen LogP contribution in [-0.2, 0) is 6.54 Å². The Hall–Kier alpha value is -3.18. The molecule has 35 heavy (non-hydrogen) atoms. The van der Waals surface area contributed by atoms with Crippen LogP contribution >= 0.6 is 0 Å². The molecular weight excluding hydrogens is 432 g/mol. The number of aryl methyl sites for hydroxylation is 1. The third kappa shape index (κ3) is 6.29. The zero-order valence-electron chi connectivity index (χ0n) is 21.5. The fraction of sp³-hybridized carbons (Fsp3) is 0.400. The molecule has 0 saturated heterocycles. The molecule has 0 amide bonds. The minimum Gasteiger partial charge on any atom is -0.507 e. The molecule has 1 aliphatic rings. The summed E-state index contributed by atoms with van der Waals surface area (Å²) in [7, 11) is 3.99. The lowest BCUT2D eigenvalue weighted by Crippen LogP contribution is -2.25. The summed E-state index contributed by atoms with van der Waals surface area (Å²) in [6, 6.07) is 20.2. The van der Waals surface area contributed by atoms with Crippen LogP contribution < -0.4 is 10.2 Å². The van der Waals surface area contributed by atoms with E-state index in [1.54, 1.807) is 0 Å². The average molecular weight is 471 g/mol. The highest BCUT2D eigenvalue weighted by molar-refractivity contribution is 5.90. The fourth-order valence-electron chi connectivity index (χ4n) is 4.90. The first-order valence-electron chi connectivity index (χ1n) is 12.7. The van der Waals surface area contributed by atoms with E-state index in [1.807, 2.05) is 80.5 Å². The number of phenols is 1. The fourth-order valence-corrected chi connectivity index (χ4v) is 4.90. The molecule has 0 spiro atoms. The zero-order valence-corrected chi connectivity index (χ0v) is 21.5. The summed E-state index contributed by atoms with van der Waals surface area (Å²) in [5.74, 6) is 3.94. The van der Waals surface area contributed by atoms with E-state index < -0.39 is 0 Å². The Balaban J connectivity index is 0.000000179. The third-order valence-electron chi connectivity index (χ3n) is 6.99. The second-order valence-corrected chi connectivity index (χ2v) is 10.1. The van der Waals surface area contributed by atoms with E-state index in [-0.39, 0.29) is 0 Å². The summed E-state index contributed by atoms with van der Waals surface area (Å²) in [5.41, 5.74) is 2.00. The van der Waals surface area contributed by atoms with Crippen LogP contribution in [0.5, 0.6) is 5.75 Å². The molecule has 0 radical (unpaired) electrons. The standard InChI is InChI=1S/C19H25NO.C11H13N3/c1-14-6-8-15(9-7-14)12-20-13-17-11-10-16-4-2-3-5-18(16)19(17)21;1-8-12-10-7-5-4-6-9(10)11(13-8)14(2)3/h2-5,10-11,14-15,20-21H,6-9,12-13H2,1H3;4-7H,1-3H3. The Morgan fingerprint density at radius 2 is 1.57 bits per heavy atom. The third-order valence-corrected chi connectivity index (χ3v) is 6.99. The molecule has 0 unspecified atom stereocenters. The van der Waals surface area contributed by atoms with Crippen LogP contribution in [0.2, 0.25) is 0 Å². The van der Waals surface area contributed by atoms with Crippen molar-refractivity contribution >= 4 is 27.5 Å². The van der Waals surface area contributed by atoms with Gasteiger partial charge in [0, 0.05) is 37.0 Å². The number of nitrogens with one attached hydrogen (secondary N) is 1. The number of fused-ring (bicyclic) bond motifs is 2. The van der Waals surface area contributed by atoms with Crippen LogP contribution in [0.3, 0.4) is 0 Å². The van der Waals surface area contributed by atoms with Gasteiger partial charge in [-0.3, -0.25) is 0 Å². The lowest BCUT2D eigenvalue weighted by atomic mass is 9.83. The maximum atomic E-state index is 10.4. The van der Waals surface area contributed by atoms with Gasteiger partial charge in [0.15, 0.2) is 0 Å². The van der Waals surface area contributed by atoms with Crippen molar-refractivity contribution in [3.8, 4) is 5.75 Å². The Morgan fingerprint density at radius 1 is 0.886 bits per heavy atom. The van der Waals surface area contributed by atoms with E-state index in [1.165, 1.54) is 25.7 Å². The van der Waals surface area contributed by atoms with E-state index >= 15 is 0 Å². The zero-order chi connectivity index (χ0) is 24.8. The van der Waals surface area contributed by atoms with Crippen molar-refractivity contribution in [2.45, 2.75) is 46.1 Å². The number of anilines is 1. The molecule has 1 fully saturated rings. The second-order valence-electron chi connectivity index (χ2n) is 10.1. The van der Waals surface area contributed by atoms with E-state index in [0.29, 0.717) is 5.75 Å². The first kappa shape index (κ1) is 24.9. The second kappa shape index (κ2) is 11.5. The van der Waals surface area contributed by atoms with E-state index in [2.05, 4.69) is 28.3 Å². The summed E-state index contributed by atoms with van der Waals surface area (Å²) < 4.78 is 0. The number of phenolic OH excluding ortho intramolecular Hbond substituents is 1. The van der Waals surface area contributed by atoms with Gasteiger partial charge < -0.3 is 15.3 Å². The number of nitrogens with zero attached hydrogens (tertiary/aromatic N) is 3. The smallest absolute Gasteiger partial charge is 0.139 e. The number of hydrogen-bond donors (Lipinski definition) is 2. The minimum atomic E-state index is 0.429. The molecule has 5 rings (SSSR count). The molecule has 5 heteroatoms. The topological polar surface area (TPSA) is 61.3 Å². The molecule has 184 valence electrons. The van der Waals surface area contributed by atoms with Gasteiger partial charge in [0.2, 0.25) is 0 Å². The summed E-state index contributed by atoms with van der Waals surface area (Å²) in [6.07, 6.45) is 5.43. The van der Waals surface area contributed by atoms with Crippen molar-refractivity contribution < 1.29 is 5.11 Å². The van der Waals surface area contributed by atoms with Crippen LogP contribution in [0, 0.1) is 18.8 Å². The van der Waals surface area contributed by atoms with Crippen molar-refractivity contribution in [1.82, 2.24) is 15.3 Å². The number of para-hydroxylation sites is 1. The predicted octanol–water partition coefficient (Wildman–Crippen LogP) is 6.47. The number of benzene rings is 3. The molecule has 1 aromatic heterocycles. The number of aromatic nitrogens is 2. The van der Waals surface area contributed by atoms with Gasteiger partial charge >= 0.3 is 0 Å². The molecule has 5 nitrogen and oxygen atoms in total. The predicted molar refractivity (Wildman–Crippen MR) is 147 cm³/mol. The van der Waals surface area contributed by atoms with Crippen LogP contribution in [-0.4, -0.2) is 35.7 Å². The van der Waals surface area contributed by atoms with Crippen LogP contribution in [0.25, 0.3) is 21.7 Å². The summed E-state index contributed by atoms with van der Waals surface area (Å²) in [4.78, 5) is 10.8. The van der Waals surface area contributed by atoms with E-state index in [0.717, 1.165) is 63.8 Å². The van der Waals surface area contributed by atoms with Gasteiger partial charge in [-0.05, 0) is 55.7 Å². The van der Waals surface area contributed by atoms with Crippen molar-refractivity contribution in [1.29, 1.82) is 0 Å². The number of aromatic hydroxyl groups is 1. The molecule has 0 atom stereocenters. The highest BCUT2D eigenvalue weighted by atomic mass is 16.3. The highest BCUT2D eigenvalue weighted by Gasteiger charge is 2.17. The molecular formula is C30H38N4O. The summed E-state index contributed by atoms with van der Waals surface area (Å²) in [5, 5.41) is 17.1. The Labute approximate surface area is 209 Å². The van der Waals surface area contributed by atoms with Crippen molar-refractivity contribution in [2.75, 3.05) is 25.5 Å². The normalized spacial score (nSPS) is 17.7. The first-order valence-corrected chi connectivity index (χ1v) is 12.7. The van der Waals surface area contributed by atoms with Crippen LogP contribution in [0.4, 0.5) is 5.82 Å². The van der Waals surface area contributed by atoms with Gasteiger partial charge in [-0.15, -0.1) is 0 Å². The molecule has 1 aliphatic carbocycles. The molecule has 1 saturated carbocycles. The van der Waals surface area contributed by atoms with Crippen molar-refractivity contribution in [3.05, 3.63) is 72.1 Å². The van der Waals surface area contributed by atoms with Gasteiger partial charge in [-0.25, -0.2) is 9.97 Å². The Morgan fingerprint density at radius 3 is 2.31 bits per heavy atom. The minimum absolute atomic E-state index is 0.429. The van der Waals surface area contributed by atoms with Gasteiger partial charge in [0.05, 0.1) is 5.52 Å². The quantitative estimate of drug-likeness (QED) is 0.350. The maximum Gasteiger partial charge on any atom is 0.139 e. The summed E-state index contributed by atoms with van der Waals surface area (Å²) in [6.45, 7) is 6.10. The SMILES string of the molecule is CC1CCC(CNCc2ccc3ccccc3c2O)CC1.Cc1nc(N(C)C)c2ccccc2n1. The monoisotopic (exact) mass is 470 g/mol. The molecule has 2 N–H and O–H groups in total. The lowest BCUT2D eigenvalue weighted by Gasteiger charge is -2.26. The largest absolute Gasteiger partial charge is 0.507 e. The highest BCUT2D eigenvalue weighted by Crippen LogP contribution is 2.30. The lowest BCUT2D eigenvalue weighted by molar-refractivity contribution is 0.281. The molecule has 0 aliphatic heterocycles. The van der Waals surface area contributed by atoms with Gasteiger partial charge in [-0.2, -0.15) is 0 Å². The molecule has 0 bridgehead atoms. The Kier molecular flexibility index (Phi) is 8.19. The van der Waals surface area contributed by atoms with Gasteiger partial charge in [-0.1, -0.05) is 68.3 Å². The Bertz CT molecular complexity index is 1260. The van der Waals surface area contributed by atoms with Gasteiger partial charge in [0.25, 0.3) is 0 Å². The molecule has 1 heterocycles. The van der Waals surface area contributed by atoms with E-state index in [4.69, 9.17) is 0 Å². The molecule has 4 aromatic rings. The van der Waals surface area contributed by atoms with Gasteiger partial charge in [0.1, 0.15) is 17.4 Å². The summed E-state index contributed by atoms with van der Waals surface area (Å²) >= 11 is 0. The number of rotatable bonds is 5. The molecule has 3 aromatic carbocycles. The van der Waals surface area contributed by atoms with Crippen LogP contribution in [0.1, 0.15) is 44.0 Å².